The topological polar surface area (TPSA) is 69.6 Å². The molecule has 2 atom stereocenters. The van der Waals surface area contributed by atoms with Crippen molar-refractivity contribution in [2.75, 3.05) is 26.2 Å². The van der Waals surface area contributed by atoms with Crippen LogP contribution in [0.15, 0.2) is 36.7 Å². The zero-order valence-corrected chi connectivity index (χ0v) is 21.8. The highest BCUT2D eigenvalue weighted by Crippen LogP contribution is 2.38. The van der Waals surface area contributed by atoms with Gasteiger partial charge in [0.2, 0.25) is 0 Å². The molecule has 0 spiro atoms. The second kappa shape index (κ2) is 11.8. The van der Waals surface area contributed by atoms with Crippen LogP contribution in [0.4, 0.5) is 0 Å². The molecule has 6 nitrogen and oxygen atoms in total. The second-order valence-electron chi connectivity index (χ2n) is 11.3. The van der Waals surface area contributed by atoms with Crippen LogP contribution in [0.3, 0.4) is 0 Å². The van der Waals surface area contributed by atoms with Crippen LogP contribution in [0.25, 0.3) is 0 Å². The lowest BCUT2D eigenvalue weighted by molar-refractivity contribution is 0.0355. The molecule has 6 heteroatoms. The van der Waals surface area contributed by atoms with Gasteiger partial charge in [0.15, 0.2) is 0 Å². The van der Waals surface area contributed by atoms with E-state index in [0.29, 0.717) is 23.6 Å². The van der Waals surface area contributed by atoms with Crippen molar-refractivity contribution >= 4 is 5.91 Å². The quantitative estimate of drug-likeness (QED) is 0.633. The lowest BCUT2D eigenvalue weighted by atomic mass is 9.76. The number of carbonyl (C=O) groups excluding carboxylic acids is 1. The van der Waals surface area contributed by atoms with E-state index >= 15 is 0 Å². The summed E-state index contributed by atoms with van der Waals surface area (Å²) in [6, 6.07) is 11.5. The Morgan fingerprint density at radius 1 is 0.972 bits per heavy atom. The van der Waals surface area contributed by atoms with E-state index in [1.165, 1.54) is 31.2 Å². The van der Waals surface area contributed by atoms with Crippen molar-refractivity contribution in [3.8, 4) is 0 Å². The molecule has 1 saturated carbocycles. The summed E-state index contributed by atoms with van der Waals surface area (Å²) >= 11 is 0. The number of nitrogens with zero attached hydrogens (tertiary/aromatic N) is 4. The third-order valence-corrected chi connectivity index (χ3v) is 9.00. The minimum absolute atomic E-state index is 0.0606. The summed E-state index contributed by atoms with van der Waals surface area (Å²) in [5.74, 6) is 1.45. The molecule has 1 aromatic heterocycles. The van der Waals surface area contributed by atoms with Crippen molar-refractivity contribution in [2.24, 2.45) is 5.92 Å². The Morgan fingerprint density at radius 3 is 2.47 bits per heavy atom. The number of carbonyl (C=O) groups is 1. The van der Waals surface area contributed by atoms with Gasteiger partial charge in [0.05, 0.1) is 6.10 Å². The summed E-state index contributed by atoms with van der Waals surface area (Å²) in [5.41, 5.74) is 4.07. The average Bonchev–Trinajstić information content (AvgIpc) is 2.93. The average molecular weight is 491 g/mol. The van der Waals surface area contributed by atoms with E-state index in [4.69, 9.17) is 0 Å². The number of likely N-dealkylation sites (tertiary alicyclic amines) is 2. The summed E-state index contributed by atoms with van der Waals surface area (Å²) in [7, 11) is 0. The van der Waals surface area contributed by atoms with Gasteiger partial charge < -0.3 is 14.9 Å². The Morgan fingerprint density at radius 2 is 1.72 bits per heavy atom. The summed E-state index contributed by atoms with van der Waals surface area (Å²) < 4.78 is 0. The molecule has 36 heavy (non-hydrogen) atoms. The van der Waals surface area contributed by atoms with Gasteiger partial charge in [0, 0.05) is 43.5 Å². The van der Waals surface area contributed by atoms with E-state index in [-0.39, 0.29) is 12.0 Å². The lowest BCUT2D eigenvalue weighted by Crippen LogP contribution is -2.49. The van der Waals surface area contributed by atoms with Crippen LogP contribution in [-0.4, -0.2) is 69.1 Å². The van der Waals surface area contributed by atoms with Crippen LogP contribution in [0.2, 0.25) is 0 Å². The fourth-order valence-electron chi connectivity index (χ4n) is 6.71. The third-order valence-electron chi connectivity index (χ3n) is 9.00. The van der Waals surface area contributed by atoms with Gasteiger partial charge in [0.25, 0.3) is 5.91 Å². The number of aromatic nitrogens is 2. The molecule has 0 radical (unpaired) electrons. The van der Waals surface area contributed by atoms with Crippen LogP contribution in [0, 0.1) is 12.8 Å². The Bertz CT molecular complexity index is 997. The molecule has 2 saturated heterocycles. The molecule has 3 aliphatic rings. The van der Waals surface area contributed by atoms with Crippen LogP contribution >= 0.6 is 0 Å². The Labute approximate surface area is 216 Å². The van der Waals surface area contributed by atoms with Crippen LogP contribution in [0.1, 0.15) is 91.0 Å². The number of benzene rings is 1. The first-order chi connectivity index (χ1) is 17.6. The maximum absolute atomic E-state index is 13.4. The molecule has 2 aromatic rings. The molecule has 194 valence electrons. The monoisotopic (exact) mass is 490 g/mol. The van der Waals surface area contributed by atoms with E-state index in [1.807, 2.05) is 11.8 Å². The third kappa shape index (κ3) is 5.97. The van der Waals surface area contributed by atoms with Gasteiger partial charge in [-0.3, -0.25) is 4.79 Å². The minimum atomic E-state index is -0.138. The fraction of sp³-hybridized carbons (Fsp3) is 0.633. The zero-order valence-electron chi connectivity index (χ0n) is 21.8. The van der Waals surface area contributed by atoms with E-state index in [1.54, 1.807) is 6.33 Å². The molecule has 3 heterocycles. The number of rotatable bonds is 6. The smallest absolute Gasteiger partial charge is 0.272 e. The maximum Gasteiger partial charge on any atom is 0.272 e. The van der Waals surface area contributed by atoms with Gasteiger partial charge in [-0.2, -0.15) is 0 Å². The summed E-state index contributed by atoms with van der Waals surface area (Å²) in [5, 5.41) is 9.79. The number of aliphatic hydroxyl groups excluding tert-OH is 1. The highest BCUT2D eigenvalue weighted by molar-refractivity contribution is 5.93. The first-order valence-electron chi connectivity index (χ1n) is 14.1. The fourth-order valence-corrected chi connectivity index (χ4v) is 6.71. The largest absolute Gasteiger partial charge is 0.393 e. The van der Waals surface area contributed by atoms with Crippen molar-refractivity contribution in [3.05, 3.63) is 59.2 Å². The molecule has 1 aromatic carbocycles. The number of hydrogen-bond acceptors (Lipinski definition) is 5. The highest BCUT2D eigenvalue weighted by Gasteiger charge is 2.31. The second-order valence-corrected chi connectivity index (χ2v) is 11.3. The molecule has 2 aliphatic heterocycles. The van der Waals surface area contributed by atoms with Crippen molar-refractivity contribution in [1.29, 1.82) is 0 Å². The standard InChI is InChI=1S/C30H42N4O2/c1-22-28(11-10-23-6-5-9-25(20-23)24-7-3-2-4-8-24)31-21-32-29(22)30(36)34-16-12-26(13-17-34)33-18-14-27(35)15-19-33/h2-4,7-8,21,23,25-27,35H,5-6,9-20H2,1H3/t23-,25-/m0/s1. The Kier molecular flexibility index (Phi) is 8.32. The van der Waals surface area contributed by atoms with Crippen molar-refractivity contribution < 1.29 is 9.90 Å². The van der Waals surface area contributed by atoms with Gasteiger partial charge >= 0.3 is 0 Å². The number of hydrogen-bond donors (Lipinski definition) is 1. The van der Waals surface area contributed by atoms with Gasteiger partial charge in [-0.25, -0.2) is 9.97 Å². The number of aliphatic hydroxyl groups is 1. The lowest BCUT2D eigenvalue weighted by Gasteiger charge is -2.41. The van der Waals surface area contributed by atoms with Crippen LogP contribution < -0.4 is 0 Å². The maximum atomic E-state index is 13.4. The van der Waals surface area contributed by atoms with Gasteiger partial charge in [-0.1, -0.05) is 43.2 Å². The SMILES string of the molecule is Cc1c(CC[C@@H]2CCC[C@H](c3ccccc3)C2)ncnc1C(=O)N1CCC(N2CCC(O)CC2)CC1. The first-order valence-corrected chi connectivity index (χ1v) is 14.1. The van der Waals surface area contributed by atoms with Gasteiger partial charge in [0.1, 0.15) is 12.0 Å². The normalized spacial score (nSPS) is 24.7. The molecule has 3 fully saturated rings. The summed E-state index contributed by atoms with van der Waals surface area (Å²) in [6.45, 7) is 5.54. The van der Waals surface area contributed by atoms with Crippen molar-refractivity contribution in [1.82, 2.24) is 19.8 Å². The Balaban J connectivity index is 1.15. The van der Waals surface area contributed by atoms with Gasteiger partial charge in [-0.15, -0.1) is 0 Å². The van der Waals surface area contributed by atoms with E-state index in [2.05, 4.69) is 45.2 Å². The van der Waals surface area contributed by atoms with Crippen LogP contribution in [-0.2, 0) is 6.42 Å². The molecular weight excluding hydrogens is 448 g/mol. The van der Waals surface area contributed by atoms with Crippen molar-refractivity contribution in [3.63, 3.8) is 0 Å². The predicted molar refractivity (Wildman–Crippen MR) is 142 cm³/mol. The summed E-state index contributed by atoms with van der Waals surface area (Å²) in [6.07, 6.45) is 12.4. The number of aryl methyl sites for hydroxylation is 1. The highest BCUT2D eigenvalue weighted by atomic mass is 16.3. The summed E-state index contributed by atoms with van der Waals surface area (Å²) in [4.78, 5) is 26.9. The molecule has 1 N–H and O–H groups in total. The molecule has 0 bridgehead atoms. The minimum Gasteiger partial charge on any atom is -0.393 e. The van der Waals surface area contributed by atoms with Gasteiger partial charge in [-0.05, 0) is 75.7 Å². The van der Waals surface area contributed by atoms with E-state index < -0.39 is 0 Å². The first kappa shape index (κ1) is 25.3. The zero-order chi connectivity index (χ0) is 24.9. The predicted octanol–water partition coefficient (Wildman–Crippen LogP) is 4.75. The number of amides is 1. The molecular formula is C30H42N4O2. The molecule has 1 amide bonds. The van der Waals surface area contributed by atoms with Crippen LogP contribution in [0.5, 0.6) is 0 Å². The number of piperidine rings is 2. The molecule has 5 rings (SSSR count). The molecule has 0 unspecified atom stereocenters. The molecule has 1 aliphatic carbocycles. The van der Waals surface area contributed by atoms with E-state index in [0.717, 1.165) is 76.0 Å². The van der Waals surface area contributed by atoms with E-state index in [9.17, 15) is 9.90 Å². The van der Waals surface area contributed by atoms with Crippen molar-refractivity contribution in [2.45, 2.75) is 89.2 Å². The Hall–Kier alpha value is -2.31.